The Bertz CT molecular complexity index is 292. The van der Waals surface area contributed by atoms with Crippen LogP contribution < -0.4 is 5.32 Å². The van der Waals surface area contributed by atoms with Gasteiger partial charge in [0, 0.05) is 24.5 Å². The Morgan fingerprint density at radius 2 is 2.44 bits per heavy atom. The van der Waals surface area contributed by atoms with E-state index in [2.05, 4.69) is 29.5 Å². The van der Waals surface area contributed by atoms with Crippen LogP contribution in [0, 0.1) is 0 Å². The minimum absolute atomic E-state index is 0.0970. The van der Waals surface area contributed by atoms with Crippen molar-refractivity contribution < 1.29 is 5.11 Å². The lowest BCUT2D eigenvalue weighted by Gasteiger charge is -2.11. The van der Waals surface area contributed by atoms with Crippen LogP contribution in [0.25, 0.3) is 0 Å². The van der Waals surface area contributed by atoms with Gasteiger partial charge in [-0.3, -0.25) is 0 Å². The molecule has 0 fully saturated rings. The lowest BCUT2D eigenvalue weighted by molar-refractivity contribution is 0.268. The van der Waals surface area contributed by atoms with Gasteiger partial charge in [0.25, 0.3) is 0 Å². The Morgan fingerprint density at radius 3 is 3.12 bits per heavy atom. The maximum absolute atomic E-state index is 8.74. The van der Waals surface area contributed by atoms with Crippen molar-refractivity contribution in [1.29, 1.82) is 0 Å². The predicted molar refractivity (Wildman–Crippen MR) is 66.4 cm³/mol. The number of hydrogen-bond acceptors (Lipinski definition) is 5. The summed E-state index contributed by atoms with van der Waals surface area (Å²) in [7, 11) is 0. The fourth-order valence-electron chi connectivity index (χ4n) is 1.26. The molecule has 1 heterocycles. The summed E-state index contributed by atoms with van der Waals surface area (Å²) in [5.74, 6) is 2.26. The zero-order valence-electron chi connectivity index (χ0n) is 9.89. The van der Waals surface area contributed by atoms with Gasteiger partial charge in [-0.15, -0.1) is 5.10 Å². The fraction of sp³-hybridized carbons (Fsp3) is 0.800. The van der Waals surface area contributed by atoms with Gasteiger partial charge in [-0.25, -0.2) is 4.68 Å². The molecule has 0 saturated carbocycles. The fourth-order valence-corrected chi connectivity index (χ4v) is 1.97. The SMILES string of the molecule is CCSCC(C)NCc1cn(CCO)nn1. The molecule has 1 aromatic heterocycles. The lowest BCUT2D eigenvalue weighted by Crippen LogP contribution is -2.27. The van der Waals surface area contributed by atoms with Crippen LogP contribution >= 0.6 is 11.8 Å². The molecule has 0 radical (unpaired) electrons. The number of thioether (sulfide) groups is 1. The molecule has 2 N–H and O–H groups in total. The molecule has 0 spiro atoms. The topological polar surface area (TPSA) is 63.0 Å². The summed E-state index contributed by atoms with van der Waals surface area (Å²) in [5.41, 5.74) is 0.918. The predicted octanol–water partition coefficient (Wildman–Crippen LogP) is 0.502. The monoisotopic (exact) mass is 244 g/mol. The Kier molecular flexibility index (Phi) is 6.44. The standard InChI is InChI=1S/C10H20N4OS/c1-3-16-8-9(2)11-6-10-7-14(4-5-15)13-12-10/h7,9,11,15H,3-6,8H2,1-2H3. The van der Waals surface area contributed by atoms with Crippen molar-refractivity contribution in [3.8, 4) is 0 Å². The maximum atomic E-state index is 8.74. The number of aliphatic hydroxyl groups excluding tert-OH is 1. The van der Waals surface area contributed by atoms with Crippen molar-refractivity contribution in [3.63, 3.8) is 0 Å². The zero-order valence-corrected chi connectivity index (χ0v) is 10.7. The summed E-state index contributed by atoms with van der Waals surface area (Å²) in [4.78, 5) is 0. The molecule has 0 aliphatic rings. The number of nitrogens with one attached hydrogen (secondary N) is 1. The molecule has 0 bridgehead atoms. The van der Waals surface area contributed by atoms with E-state index in [0.29, 0.717) is 12.6 Å². The van der Waals surface area contributed by atoms with E-state index in [1.807, 2.05) is 18.0 Å². The third-order valence-electron chi connectivity index (χ3n) is 2.12. The first-order valence-electron chi connectivity index (χ1n) is 5.57. The van der Waals surface area contributed by atoms with Crippen LogP contribution in [0.4, 0.5) is 0 Å². The van der Waals surface area contributed by atoms with E-state index in [4.69, 9.17) is 5.11 Å². The minimum atomic E-state index is 0.0970. The highest BCUT2D eigenvalue weighted by Gasteiger charge is 2.04. The molecule has 16 heavy (non-hydrogen) atoms. The Morgan fingerprint density at radius 1 is 1.62 bits per heavy atom. The summed E-state index contributed by atoms with van der Waals surface area (Å²) in [6.45, 7) is 5.67. The average molecular weight is 244 g/mol. The van der Waals surface area contributed by atoms with Crippen molar-refractivity contribution in [1.82, 2.24) is 20.3 Å². The average Bonchev–Trinajstić information content (AvgIpc) is 2.72. The van der Waals surface area contributed by atoms with Gasteiger partial charge in [-0.1, -0.05) is 12.1 Å². The molecule has 0 amide bonds. The normalized spacial score (nSPS) is 12.9. The van der Waals surface area contributed by atoms with Gasteiger partial charge < -0.3 is 10.4 Å². The molecule has 0 aliphatic heterocycles. The smallest absolute Gasteiger partial charge is 0.0964 e. The van der Waals surface area contributed by atoms with Gasteiger partial charge >= 0.3 is 0 Å². The lowest BCUT2D eigenvalue weighted by atomic mass is 10.3. The summed E-state index contributed by atoms with van der Waals surface area (Å²) in [5, 5.41) is 20.1. The summed E-state index contributed by atoms with van der Waals surface area (Å²) in [6, 6.07) is 0.480. The second kappa shape index (κ2) is 7.65. The number of aliphatic hydroxyl groups is 1. The third-order valence-corrected chi connectivity index (χ3v) is 3.26. The van der Waals surface area contributed by atoms with E-state index in [1.54, 1.807) is 4.68 Å². The van der Waals surface area contributed by atoms with Crippen LogP contribution in [0.2, 0.25) is 0 Å². The highest BCUT2D eigenvalue weighted by Crippen LogP contribution is 2.02. The number of rotatable bonds is 8. The molecule has 0 aromatic carbocycles. The quantitative estimate of drug-likeness (QED) is 0.697. The van der Waals surface area contributed by atoms with Gasteiger partial charge in [-0.2, -0.15) is 11.8 Å². The molecule has 1 rings (SSSR count). The van der Waals surface area contributed by atoms with E-state index in [-0.39, 0.29) is 6.61 Å². The van der Waals surface area contributed by atoms with Crippen LogP contribution in [-0.2, 0) is 13.1 Å². The van der Waals surface area contributed by atoms with E-state index in [0.717, 1.165) is 23.7 Å². The van der Waals surface area contributed by atoms with Crippen molar-refractivity contribution in [3.05, 3.63) is 11.9 Å². The molecule has 6 heteroatoms. The van der Waals surface area contributed by atoms with Gasteiger partial charge in [-0.05, 0) is 12.7 Å². The maximum Gasteiger partial charge on any atom is 0.0964 e. The summed E-state index contributed by atoms with van der Waals surface area (Å²) in [6.07, 6.45) is 1.86. The largest absolute Gasteiger partial charge is 0.394 e. The highest BCUT2D eigenvalue weighted by molar-refractivity contribution is 7.99. The summed E-state index contributed by atoms with van der Waals surface area (Å²) < 4.78 is 1.66. The van der Waals surface area contributed by atoms with Crippen molar-refractivity contribution in [2.75, 3.05) is 18.1 Å². The second-order valence-electron chi connectivity index (χ2n) is 3.64. The van der Waals surface area contributed by atoms with Gasteiger partial charge in [0.05, 0.1) is 18.8 Å². The molecular formula is C10H20N4OS. The minimum Gasteiger partial charge on any atom is -0.394 e. The number of hydrogen-bond donors (Lipinski definition) is 2. The number of nitrogens with zero attached hydrogens (tertiary/aromatic N) is 3. The van der Waals surface area contributed by atoms with Gasteiger partial charge in [0.15, 0.2) is 0 Å². The summed E-state index contributed by atoms with van der Waals surface area (Å²) >= 11 is 1.93. The molecule has 1 unspecified atom stereocenters. The molecule has 0 saturated heterocycles. The van der Waals surface area contributed by atoms with Crippen LogP contribution in [0.15, 0.2) is 6.20 Å². The van der Waals surface area contributed by atoms with Crippen LogP contribution in [0.5, 0.6) is 0 Å². The van der Waals surface area contributed by atoms with E-state index >= 15 is 0 Å². The van der Waals surface area contributed by atoms with Crippen LogP contribution in [-0.4, -0.2) is 44.3 Å². The Hall–Kier alpha value is -0.590. The first-order chi connectivity index (χ1) is 7.76. The van der Waals surface area contributed by atoms with Crippen LogP contribution in [0.3, 0.4) is 0 Å². The molecule has 92 valence electrons. The molecule has 1 aromatic rings. The van der Waals surface area contributed by atoms with E-state index in [9.17, 15) is 0 Å². The number of aromatic nitrogens is 3. The van der Waals surface area contributed by atoms with Crippen molar-refractivity contribution in [2.24, 2.45) is 0 Å². The van der Waals surface area contributed by atoms with E-state index in [1.165, 1.54) is 0 Å². The molecule has 5 nitrogen and oxygen atoms in total. The van der Waals surface area contributed by atoms with Crippen molar-refractivity contribution >= 4 is 11.8 Å². The molecule has 0 aliphatic carbocycles. The van der Waals surface area contributed by atoms with E-state index < -0.39 is 0 Å². The van der Waals surface area contributed by atoms with Crippen LogP contribution in [0.1, 0.15) is 19.5 Å². The Balaban J connectivity index is 2.25. The first kappa shape index (κ1) is 13.5. The third kappa shape index (κ3) is 4.96. The highest BCUT2D eigenvalue weighted by atomic mass is 32.2. The Labute approximate surface area is 101 Å². The molecular weight excluding hydrogens is 224 g/mol. The second-order valence-corrected chi connectivity index (χ2v) is 4.96. The van der Waals surface area contributed by atoms with Crippen molar-refractivity contribution in [2.45, 2.75) is 33.0 Å². The van der Waals surface area contributed by atoms with Gasteiger partial charge in [0.1, 0.15) is 0 Å². The zero-order chi connectivity index (χ0) is 11.8. The first-order valence-corrected chi connectivity index (χ1v) is 6.72. The molecule has 1 atom stereocenters. The van der Waals surface area contributed by atoms with Gasteiger partial charge in [0.2, 0.25) is 0 Å².